The Balaban J connectivity index is 2.34. The van der Waals surface area contributed by atoms with Gasteiger partial charge in [0.05, 0.1) is 0 Å². The van der Waals surface area contributed by atoms with Crippen molar-refractivity contribution in [1.29, 1.82) is 0 Å². The molecule has 2 aromatic rings. The molecule has 18 heavy (non-hydrogen) atoms. The van der Waals surface area contributed by atoms with Gasteiger partial charge in [0.25, 0.3) is 5.56 Å². The van der Waals surface area contributed by atoms with Gasteiger partial charge in [-0.25, -0.2) is 4.68 Å². The number of para-hydroxylation sites is 2. The second-order valence-corrected chi connectivity index (χ2v) is 3.82. The summed E-state index contributed by atoms with van der Waals surface area (Å²) in [5.74, 6) is -0.976. The standard InChI is InChI=1S/C12H12N2O4/c15-10-4-2-1-3-9(10)14-12(18)8(7-13-14)5-6-11(16)17/h1-4,7,13,15H,5-6H2,(H,16,17). The molecule has 0 amide bonds. The second-order valence-electron chi connectivity index (χ2n) is 3.82. The Morgan fingerprint density at radius 2 is 2.06 bits per heavy atom. The highest BCUT2D eigenvalue weighted by Crippen LogP contribution is 2.18. The van der Waals surface area contributed by atoms with Gasteiger partial charge in [-0.15, -0.1) is 0 Å². The number of aromatic nitrogens is 2. The first-order chi connectivity index (χ1) is 8.59. The molecular weight excluding hydrogens is 236 g/mol. The number of rotatable bonds is 4. The fraction of sp³-hybridized carbons (Fsp3) is 0.167. The molecule has 1 aromatic heterocycles. The van der Waals surface area contributed by atoms with Gasteiger partial charge in [0.15, 0.2) is 0 Å². The molecule has 0 unspecified atom stereocenters. The minimum Gasteiger partial charge on any atom is -0.506 e. The zero-order valence-electron chi connectivity index (χ0n) is 9.46. The maximum absolute atomic E-state index is 12.0. The van der Waals surface area contributed by atoms with Crippen molar-refractivity contribution in [2.75, 3.05) is 0 Å². The Bertz CT molecular complexity index is 627. The lowest BCUT2D eigenvalue weighted by Gasteiger charge is -2.03. The molecule has 0 radical (unpaired) electrons. The third kappa shape index (κ3) is 2.27. The molecule has 0 bridgehead atoms. The summed E-state index contributed by atoms with van der Waals surface area (Å²) >= 11 is 0. The van der Waals surface area contributed by atoms with Crippen LogP contribution in [-0.4, -0.2) is 26.0 Å². The summed E-state index contributed by atoms with van der Waals surface area (Å²) in [4.78, 5) is 22.4. The predicted molar refractivity (Wildman–Crippen MR) is 64.0 cm³/mol. The number of H-pyrrole nitrogens is 1. The number of aryl methyl sites for hydroxylation is 1. The zero-order valence-corrected chi connectivity index (χ0v) is 9.46. The second kappa shape index (κ2) is 4.79. The first-order valence-corrected chi connectivity index (χ1v) is 5.39. The molecule has 0 aliphatic rings. The summed E-state index contributed by atoms with van der Waals surface area (Å²) in [5.41, 5.74) is 0.363. The molecule has 6 heteroatoms. The molecule has 1 heterocycles. The number of benzene rings is 1. The van der Waals surface area contributed by atoms with Crippen molar-refractivity contribution in [2.24, 2.45) is 0 Å². The fourth-order valence-corrected chi connectivity index (χ4v) is 1.66. The summed E-state index contributed by atoms with van der Waals surface area (Å²) in [6, 6.07) is 6.41. The van der Waals surface area contributed by atoms with Gasteiger partial charge >= 0.3 is 5.97 Å². The van der Waals surface area contributed by atoms with E-state index in [-0.39, 0.29) is 24.2 Å². The molecular formula is C12H12N2O4. The number of nitrogens with one attached hydrogen (secondary N) is 1. The molecule has 0 atom stereocenters. The minimum atomic E-state index is -0.954. The van der Waals surface area contributed by atoms with Crippen LogP contribution in [0, 0.1) is 0 Å². The summed E-state index contributed by atoms with van der Waals surface area (Å²) < 4.78 is 1.19. The van der Waals surface area contributed by atoms with Crippen molar-refractivity contribution in [3.05, 3.63) is 46.4 Å². The molecule has 0 aliphatic heterocycles. The van der Waals surface area contributed by atoms with E-state index in [9.17, 15) is 14.7 Å². The van der Waals surface area contributed by atoms with Crippen LogP contribution in [0.5, 0.6) is 5.75 Å². The highest BCUT2D eigenvalue weighted by molar-refractivity contribution is 5.67. The van der Waals surface area contributed by atoms with E-state index in [0.717, 1.165) is 0 Å². The van der Waals surface area contributed by atoms with Crippen LogP contribution in [0.25, 0.3) is 5.69 Å². The van der Waals surface area contributed by atoms with Crippen LogP contribution in [0.1, 0.15) is 12.0 Å². The van der Waals surface area contributed by atoms with E-state index in [0.29, 0.717) is 11.3 Å². The summed E-state index contributed by atoms with van der Waals surface area (Å²) in [6.45, 7) is 0. The minimum absolute atomic E-state index is 0.0220. The molecule has 2 rings (SSSR count). The first-order valence-electron chi connectivity index (χ1n) is 5.39. The monoisotopic (exact) mass is 248 g/mol. The largest absolute Gasteiger partial charge is 0.506 e. The summed E-state index contributed by atoms with van der Waals surface area (Å²) in [5, 5.41) is 20.9. The Hall–Kier alpha value is -2.50. The Kier molecular flexibility index (Phi) is 3.18. The SMILES string of the molecule is O=C(O)CCc1c[nH]n(-c2ccccc2O)c1=O. The molecule has 3 N–H and O–H groups in total. The van der Waals surface area contributed by atoms with Gasteiger partial charge < -0.3 is 10.2 Å². The van der Waals surface area contributed by atoms with Gasteiger partial charge in [-0.2, -0.15) is 0 Å². The maximum Gasteiger partial charge on any atom is 0.303 e. The number of phenols is 1. The lowest BCUT2D eigenvalue weighted by atomic mass is 10.2. The third-order valence-corrected chi connectivity index (χ3v) is 2.58. The highest BCUT2D eigenvalue weighted by atomic mass is 16.4. The molecule has 0 fully saturated rings. The van der Waals surface area contributed by atoms with Crippen molar-refractivity contribution in [3.63, 3.8) is 0 Å². The van der Waals surface area contributed by atoms with Gasteiger partial charge in [0.2, 0.25) is 0 Å². The van der Waals surface area contributed by atoms with E-state index in [1.165, 1.54) is 16.9 Å². The number of phenolic OH excluding ortho intramolecular Hbond substituents is 1. The topological polar surface area (TPSA) is 95.3 Å². The van der Waals surface area contributed by atoms with Gasteiger partial charge in [-0.3, -0.25) is 14.7 Å². The molecule has 94 valence electrons. The van der Waals surface area contributed by atoms with Gasteiger partial charge in [0, 0.05) is 18.2 Å². The van der Waals surface area contributed by atoms with Gasteiger partial charge in [0.1, 0.15) is 11.4 Å². The van der Waals surface area contributed by atoms with E-state index in [1.54, 1.807) is 18.2 Å². The number of nitrogens with zero attached hydrogens (tertiary/aromatic N) is 1. The molecule has 0 saturated carbocycles. The van der Waals surface area contributed by atoms with E-state index in [1.807, 2.05) is 0 Å². The van der Waals surface area contributed by atoms with E-state index in [4.69, 9.17) is 5.11 Å². The number of carbonyl (C=O) groups is 1. The number of hydrogen-bond acceptors (Lipinski definition) is 3. The van der Waals surface area contributed by atoms with Crippen molar-refractivity contribution in [2.45, 2.75) is 12.8 Å². The maximum atomic E-state index is 12.0. The van der Waals surface area contributed by atoms with Crippen LogP contribution in [-0.2, 0) is 11.2 Å². The number of aromatic hydroxyl groups is 1. The molecule has 0 spiro atoms. The van der Waals surface area contributed by atoms with Crippen LogP contribution in [0.3, 0.4) is 0 Å². The van der Waals surface area contributed by atoms with E-state index >= 15 is 0 Å². The zero-order chi connectivity index (χ0) is 13.1. The Labute approximate surface area is 102 Å². The average Bonchev–Trinajstić information content (AvgIpc) is 2.69. The fourth-order valence-electron chi connectivity index (χ4n) is 1.66. The highest BCUT2D eigenvalue weighted by Gasteiger charge is 2.11. The predicted octanol–water partition coefficient (Wildman–Crippen LogP) is 0.888. The first kappa shape index (κ1) is 12.0. The van der Waals surface area contributed by atoms with Gasteiger partial charge in [-0.05, 0) is 18.6 Å². The summed E-state index contributed by atoms with van der Waals surface area (Å²) in [7, 11) is 0. The van der Waals surface area contributed by atoms with Crippen LogP contribution in [0.4, 0.5) is 0 Å². The van der Waals surface area contributed by atoms with Crippen LogP contribution >= 0.6 is 0 Å². The van der Waals surface area contributed by atoms with Crippen molar-refractivity contribution < 1.29 is 15.0 Å². The van der Waals surface area contributed by atoms with Crippen LogP contribution in [0.15, 0.2) is 35.3 Å². The van der Waals surface area contributed by atoms with E-state index in [2.05, 4.69) is 5.10 Å². The van der Waals surface area contributed by atoms with Crippen LogP contribution < -0.4 is 5.56 Å². The molecule has 0 saturated heterocycles. The summed E-state index contributed by atoms with van der Waals surface area (Å²) in [6.07, 6.45) is 1.51. The van der Waals surface area contributed by atoms with Crippen molar-refractivity contribution >= 4 is 5.97 Å². The lowest BCUT2D eigenvalue weighted by Crippen LogP contribution is -2.18. The van der Waals surface area contributed by atoms with E-state index < -0.39 is 5.97 Å². The van der Waals surface area contributed by atoms with Gasteiger partial charge in [-0.1, -0.05) is 12.1 Å². The number of carboxylic acids is 1. The van der Waals surface area contributed by atoms with Crippen molar-refractivity contribution in [3.8, 4) is 11.4 Å². The van der Waals surface area contributed by atoms with Crippen molar-refractivity contribution in [1.82, 2.24) is 9.78 Å². The quantitative estimate of drug-likeness (QED) is 0.748. The molecule has 1 aromatic carbocycles. The molecule has 0 aliphatic carbocycles. The smallest absolute Gasteiger partial charge is 0.303 e. The Morgan fingerprint density at radius 1 is 1.33 bits per heavy atom. The number of carboxylic acid groups (broad SMARTS) is 1. The van der Waals surface area contributed by atoms with Crippen LogP contribution in [0.2, 0.25) is 0 Å². The average molecular weight is 248 g/mol. The third-order valence-electron chi connectivity index (χ3n) is 2.58. The lowest BCUT2D eigenvalue weighted by molar-refractivity contribution is -0.136. The number of aliphatic carboxylic acids is 1. The molecule has 6 nitrogen and oxygen atoms in total. The Morgan fingerprint density at radius 3 is 2.72 bits per heavy atom. The number of hydrogen-bond donors (Lipinski definition) is 3. The number of aromatic amines is 1. The normalized spacial score (nSPS) is 10.4.